The summed E-state index contributed by atoms with van der Waals surface area (Å²) < 4.78 is 5.14. The molecule has 1 fully saturated rings. The van der Waals surface area contributed by atoms with Crippen LogP contribution in [0, 0.1) is 0 Å². The molecule has 16 heavy (non-hydrogen) atoms. The van der Waals surface area contributed by atoms with E-state index in [1.165, 1.54) is 18.4 Å². The Morgan fingerprint density at radius 3 is 2.25 bits per heavy atom. The largest absolute Gasteiger partial charge is 0.497 e. The Morgan fingerprint density at radius 1 is 1.19 bits per heavy atom. The SMILES string of the molecule is CO.COc1ccc(C2CCNCC2)cc1.[HH]. The third kappa shape index (κ3) is 3.51. The number of nitrogens with one attached hydrogen (secondary N) is 1. The maximum atomic E-state index is 7.00. The monoisotopic (exact) mass is 225 g/mol. The number of hydrogen-bond acceptors (Lipinski definition) is 3. The van der Waals surface area contributed by atoms with Crippen LogP contribution in [0.4, 0.5) is 0 Å². The fourth-order valence-electron chi connectivity index (χ4n) is 2.03. The molecule has 1 saturated heterocycles. The van der Waals surface area contributed by atoms with E-state index in [-0.39, 0.29) is 1.43 Å². The summed E-state index contributed by atoms with van der Waals surface area (Å²) in [5, 5.41) is 10.4. The summed E-state index contributed by atoms with van der Waals surface area (Å²) in [5.74, 6) is 1.69. The third-order valence-electron chi connectivity index (χ3n) is 2.93. The van der Waals surface area contributed by atoms with Gasteiger partial charge in [-0.2, -0.15) is 0 Å². The Labute approximate surface area is 98.9 Å². The molecule has 0 spiro atoms. The molecule has 1 aromatic carbocycles. The van der Waals surface area contributed by atoms with Crippen molar-refractivity contribution in [1.82, 2.24) is 5.32 Å². The van der Waals surface area contributed by atoms with E-state index in [0.29, 0.717) is 0 Å². The first-order valence-corrected chi connectivity index (χ1v) is 5.69. The number of piperidine rings is 1. The molecule has 0 bridgehead atoms. The summed E-state index contributed by atoms with van der Waals surface area (Å²) in [7, 11) is 2.71. The summed E-state index contributed by atoms with van der Waals surface area (Å²) in [6.07, 6.45) is 2.51. The number of rotatable bonds is 2. The van der Waals surface area contributed by atoms with Crippen molar-refractivity contribution in [2.45, 2.75) is 18.8 Å². The lowest BCUT2D eigenvalue weighted by Gasteiger charge is -2.22. The molecule has 1 aliphatic heterocycles. The van der Waals surface area contributed by atoms with Crippen molar-refractivity contribution in [3.05, 3.63) is 29.8 Å². The zero-order valence-corrected chi connectivity index (χ0v) is 10.1. The predicted molar refractivity (Wildman–Crippen MR) is 68.1 cm³/mol. The topological polar surface area (TPSA) is 41.5 Å². The molecule has 3 heteroatoms. The van der Waals surface area contributed by atoms with Crippen molar-refractivity contribution in [3.63, 3.8) is 0 Å². The minimum atomic E-state index is 0. The molecular weight excluding hydrogens is 202 g/mol. The zero-order chi connectivity index (χ0) is 11.8. The van der Waals surface area contributed by atoms with Crippen molar-refractivity contribution in [1.29, 1.82) is 0 Å². The Bertz CT molecular complexity index is 284. The molecule has 2 N–H and O–H groups in total. The second kappa shape index (κ2) is 7.25. The van der Waals surface area contributed by atoms with Crippen LogP contribution in [0.1, 0.15) is 25.7 Å². The van der Waals surface area contributed by atoms with Crippen LogP contribution >= 0.6 is 0 Å². The van der Waals surface area contributed by atoms with Crippen LogP contribution in [-0.4, -0.2) is 32.4 Å². The number of methoxy groups -OCH3 is 1. The summed E-state index contributed by atoms with van der Waals surface area (Å²) in [6, 6.07) is 8.48. The molecule has 0 amide bonds. The molecule has 0 aromatic heterocycles. The van der Waals surface area contributed by atoms with Crippen molar-refractivity contribution in [2.24, 2.45) is 0 Å². The molecule has 1 aliphatic rings. The van der Waals surface area contributed by atoms with Crippen LogP contribution in [0.15, 0.2) is 24.3 Å². The number of hydrogen-bond donors (Lipinski definition) is 2. The zero-order valence-electron chi connectivity index (χ0n) is 10.1. The van der Waals surface area contributed by atoms with Gasteiger partial charge in [0, 0.05) is 8.54 Å². The molecule has 92 valence electrons. The first kappa shape index (κ1) is 13.0. The molecule has 1 aromatic rings. The minimum absolute atomic E-state index is 0. The van der Waals surface area contributed by atoms with Gasteiger partial charge in [-0.3, -0.25) is 0 Å². The van der Waals surface area contributed by atoms with Gasteiger partial charge in [-0.1, -0.05) is 12.1 Å². The van der Waals surface area contributed by atoms with Crippen molar-refractivity contribution >= 4 is 0 Å². The number of aliphatic hydroxyl groups excluding tert-OH is 1. The summed E-state index contributed by atoms with van der Waals surface area (Å²) in [5.41, 5.74) is 1.45. The van der Waals surface area contributed by atoms with Crippen molar-refractivity contribution in [2.75, 3.05) is 27.3 Å². The van der Waals surface area contributed by atoms with Crippen LogP contribution in [0.25, 0.3) is 0 Å². The van der Waals surface area contributed by atoms with E-state index in [0.717, 1.165) is 31.9 Å². The molecule has 2 rings (SSSR count). The quantitative estimate of drug-likeness (QED) is 0.809. The average molecular weight is 225 g/mol. The van der Waals surface area contributed by atoms with Gasteiger partial charge in [0.1, 0.15) is 5.75 Å². The highest BCUT2D eigenvalue weighted by molar-refractivity contribution is 5.29. The van der Waals surface area contributed by atoms with Crippen LogP contribution in [0.2, 0.25) is 0 Å². The van der Waals surface area contributed by atoms with Crippen LogP contribution in [0.3, 0.4) is 0 Å². The fourth-order valence-corrected chi connectivity index (χ4v) is 2.03. The standard InChI is InChI=1S/C12H17NO.CH4O.H2/c1-14-12-4-2-10(3-5-12)11-6-8-13-9-7-11;1-2;/h2-5,11,13H,6-9H2,1H3;2H,1H3;1H. The maximum Gasteiger partial charge on any atom is 0.118 e. The number of aliphatic hydroxyl groups is 1. The van der Waals surface area contributed by atoms with Gasteiger partial charge in [-0.05, 0) is 49.5 Å². The van der Waals surface area contributed by atoms with Gasteiger partial charge in [0.05, 0.1) is 7.11 Å². The molecule has 0 saturated carbocycles. The van der Waals surface area contributed by atoms with Gasteiger partial charge in [-0.25, -0.2) is 0 Å². The van der Waals surface area contributed by atoms with Crippen molar-refractivity contribution in [3.8, 4) is 5.75 Å². The minimum Gasteiger partial charge on any atom is -0.497 e. The van der Waals surface area contributed by atoms with Crippen molar-refractivity contribution < 1.29 is 11.3 Å². The molecule has 1 heterocycles. The van der Waals surface area contributed by atoms with E-state index in [1.54, 1.807) is 7.11 Å². The number of ether oxygens (including phenoxy) is 1. The first-order valence-electron chi connectivity index (χ1n) is 5.69. The van der Waals surface area contributed by atoms with Gasteiger partial charge in [-0.15, -0.1) is 0 Å². The van der Waals surface area contributed by atoms with Crippen LogP contribution in [0.5, 0.6) is 5.75 Å². The van der Waals surface area contributed by atoms with E-state index in [1.807, 2.05) is 0 Å². The summed E-state index contributed by atoms with van der Waals surface area (Å²) in [4.78, 5) is 0. The summed E-state index contributed by atoms with van der Waals surface area (Å²) in [6.45, 7) is 2.30. The first-order chi connectivity index (χ1) is 7.90. The third-order valence-corrected chi connectivity index (χ3v) is 2.93. The predicted octanol–water partition coefficient (Wildman–Crippen LogP) is 2.02. The van der Waals surface area contributed by atoms with E-state index < -0.39 is 0 Å². The molecule has 3 nitrogen and oxygen atoms in total. The Balaban J connectivity index is 0.000000811. The summed E-state index contributed by atoms with van der Waals surface area (Å²) >= 11 is 0. The van der Waals surface area contributed by atoms with E-state index in [4.69, 9.17) is 9.84 Å². The smallest absolute Gasteiger partial charge is 0.118 e. The van der Waals surface area contributed by atoms with Crippen LogP contribution < -0.4 is 10.1 Å². The van der Waals surface area contributed by atoms with Gasteiger partial charge < -0.3 is 15.2 Å². The Morgan fingerprint density at radius 2 is 1.75 bits per heavy atom. The lowest BCUT2D eigenvalue weighted by Crippen LogP contribution is -2.26. The van der Waals surface area contributed by atoms with Gasteiger partial charge in [0.15, 0.2) is 0 Å². The van der Waals surface area contributed by atoms with E-state index >= 15 is 0 Å². The Hall–Kier alpha value is -1.06. The molecule has 0 unspecified atom stereocenters. The molecule has 0 aliphatic carbocycles. The maximum absolute atomic E-state index is 7.00. The van der Waals surface area contributed by atoms with Crippen LogP contribution in [-0.2, 0) is 0 Å². The van der Waals surface area contributed by atoms with Gasteiger partial charge in [0.25, 0.3) is 0 Å². The fraction of sp³-hybridized carbons (Fsp3) is 0.538. The van der Waals surface area contributed by atoms with E-state index in [9.17, 15) is 0 Å². The highest BCUT2D eigenvalue weighted by Gasteiger charge is 2.14. The lowest BCUT2D eigenvalue weighted by molar-refractivity contribution is 0.399. The van der Waals surface area contributed by atoms with Gasteiger partial charge >= 0.3 is 0 Å². The number of benzene rings is 1. The second-order valence-electron chi connectivity index (χ2n) is 3.80. The normalized spacial score (nSPS) is 16.2. The Kier molecular flexibility index (Phi) is 5.90. The highest BCUT2D eigenvalue weighted by Crippen LogP contribution is 2.26. The molecule has 0 atom stereocenters. The average Bonchev–Trinajstić information content (AvgIpc) is 2.42. The molecule has 0 radical (unpaired) electrons. The highest BCUT2D eigenvalue weighted by atomic mass is 16.5. The lowest BCUT2D eigenvalue weighted by atomic mass is 9.90. The second-order valence-corrected chi connectivity index (χ2v) is 3.80. The van der Waals surface area contributed by atoms with E-state index in [2.05, 4.69) is 29.6 Å². The molecular formula is C13H23NO2. The van der Waals surface area contributed by atoms with Gasteiger partial charge in [0.2, 0.25) is 0 Å².